The summed E-state index contributed by atoms with van der Waals surface area (Å²) in [5.74, 6) is 0.662. The fraction of sp³-hybridized carbons (Fsp3) is 0.0448. The van der Waals surface area contributed by atoms with Crippen molar-refractivity contribution in [3.8, 4) is 78.7 Å². The molecule has 0 saturated heterocycles. The molecule has 0 spiro atoms. The number of benzene rings is 10. The third-order valence-electron chi connectivity index (χ3n) is 14.2. The van der Waals surface area contributed by atoms with Crippen LogP contribution in [0.25, 0.3) is 122 Å². The lowest BCUT2D eigenvalue weighted by atomic mass is 9.92. The van der Waals surface area contributed by atoms with Gasteiger partial charge in [-0.2, -0.15) is 0 Å². The summed E-state index contributed by atoms with van der Waals surface area (Å²) < 4.78 is 4.96. The minimum Gasteiger partial charge on any atom is -0.309 e. The highest BCUT2D eigenvalue weighted by atomic mass is 15.0. The average molecular weight is 909 g/mol. The molecule has 0 N–H and O–H groups in total. The molecule has 4 nitrogen and oxygen atoms in total. The highest BCUT2D eigenvalue weighted by Gasteiger charge is 2.25. The summed E-state index contributed by atoms with van der Waals surface area (Å²) in [6.07, 6.45) is 0. The number of aryl methyl sites for hydroxylation is 3. The molecule has 4 heteroatoms. The van der Waals surface area contributed by atoms with Gasteiger partial charge in [-0.3, -0.25) is 0 Å². The van der Waals surface area contributed by atoms with Crippen molar-refractivity contribution in [2.24, 2.45) is 0 Å². The van der Waals surface area contributed by atoms with E-state index in [0.29, 0.717) is 5.82 Å². The number of fused-ring (bicyclic) bond motifs is 6. The van der Waals surface area contributed by atoms with Crippen molar-refractivity contribution in [1.82, 2.24) is 19.1 Å². The van der Waals surface area contributed by atoms with E-state index in [0.717, 1.165) is 72.7 Å². The molecule has 13 rings (SSSR count). The van der Waals surface area contributed by atoms with E-state index >= 15 is 0 Å². The molecule has 0 saturated carbocycles. The predicted molar refractivity (Wildman–Crippen MR) is 298 cm³/mol. The lowest BCUT2D eigenvalue weighted by Crippen LogP contribution is -2.03. The van der Waals surface area contributed by atoms with E-state index in [4.69, 9.17) is 9.97 Å². The Morgan fingerprint density at radius 1 is 0.310 bits per heavy atom. The van der Waals surface area contributed by atoms with Crippen LogP contribution in [0.4, 0.5) is 0 Å². The van der Waals surface area contributed by atoms with Crippen molar-refractivity contribution >= 4 is 43.6 Å². The van der Waals surface area contributed by atoms with Crippen LogP contribution in [0.3, 0.4) is 0 Å². The third kappa shape index (κ3) is 7.23. The van der Waals surface area contributed by atoms with Gasteiger partial charge in [0.05, 0.1) is 39.1 Å². The van der Waals surface area contributed by atoms with Gasteiger partial charge < -0.3 is 9.13 Å². The zero-order valence-corrected chi connectivity index (χ0v) is 39.8. The smallest absolute Gasteiger partial charge is 0.160 e. The summed E-state index contributed by atoms with van der Waals surface area (Å²) >= 11 is 0. The van der Waals surface area contributed by atoms with Crippen molar-refractivity contribution in [2.75, 3.05) is 0 Å². The molecular formula is C67H48N4. The molecule has 0 unspecified atom stereocenters. The first-order valence-corrected chi connectivity index (χ1v) is 24.4. The average Bonchev–Trinajstić information content (AvgIpc) is 3.93. The Morgan fingerprint density at radius 3 is 1.31 bits per heavy atom. The Balaban J connectivity index is 1.15. The van der Waals surface area contributed by atoms with Crippen LogP contribution in [-0.4, -0.2) is 19.1 Å². The van der Waals surface area contributed by atoms with Crippen LogP contribution in [-0.2, 0) is 0 Å². The largest absolute Gasteiger partial charge is 0.309 e. The van der Waals surface area contributed by atoms with Gasteiger partial charge in [0.15, 0.2) is 5.82 Å². The molecule has 0 aliphatic rings. The molecule has 0 fully saturated rings. The van der Waals surface area contributed by atoms with Gasteiger partial charge in [0.2, 0.25) is 0 Å². The van der Waals surface area contributed by atoms with Crippen LogP contribution in [0.5, 0.6) is 0 Å². The first-order chi connectivity index (χ1) is 34.9. The van der Waals surface area contributed by atoms with Gasteiger partial charge in [-0.25, -0.2) is 9.97 Å². The second-order valence-electron chi connectivity index (χ2n) is 18.8. The number of hydrogen-bond donors (Lipinski definition) is 0. The molecule has 336 valence electrons. The van der Waals surface area contributed by atoms with Crippen molar-refractivity contribution in [1.29, 1.82) is 0 Å². The minimum atomic E-state index is 0.662. The molecule has 71 heavy (non-hydrogen) atoms. The van der Waals surface area contributed by atoms with E-state index in [1.54, 1.807) is 0 Å². The Morgan fingerprint density at radius 2 is 0.775 bits per heavy atom. The molecular weight excluding hydrogens is 861 g/mol. The number of hydrogen-bond acceptors (Lipinski definition) is 2. The molecule has 10 aromatic carbocycles. The van der Waals surface area contributed by atoms with Gasteiger partial charge in [0, 0.05) is 55.0 Å². The first kappa shape index (κ1) is 42.0. The van der Waals surface area contributed by atoms with E-state index in [1.165, 1.54) is 60.4 Å². The van der Waals surface area contributed by atoms with Crippen molar-refractivity contribution < 1.29 is 0 Å². The molecule has 0 amide bonds. The molecule has 0 aliphatic heterocycles. The number of rotatable bonds is 8. The maximum Gasteiger partial charge on any atom is 0.160 e. The predicted octanol–water partition coefficient (Wildman–Crippen LogP) is 17.6. The first-order valence-electron chi connectivity index (χ1n) is 24.4. The Bertz CT molecular complexity index is 3970. The van der Waals surface area contributed by atoms with Crippen LogP contribution in [0.15, 0.2) is 237 Å². The summed E-state index contributed by atoms with van der Waals surface area (Å²) in [6, 6.07) is 85.5. The minimum absolute atomic E-state index is 0.662. The summed E-state index contributed by atoms with van der Waals surface area (Å²) in [7, 11) is 0. The SMILES string of the molecule is Cc1cc(C)c(-c2ccc3c(c2)c2ccc(-n4c5ccccc5c5ccccc54)cc2n3-c2c(-c3ccccc3)cc(-c3nc(-c4ccccc4)cc(-c4ccccc4)n3)cc2-c2ccccc2)c(C)c1. The zero-order valence-electron chi connectivity index (χ0n) is 39.8. The molecule has 13 aromatic rings. The van der Waals surface area contributed by atoms with Gasteiger partial charge in [0.1, 0.15) is 0 Å². The van der Waals surface area contributed by atoms with E-state index in [2.05, 4.69) is 254 Å². The molecule has 3 aromatic heterocycles. The van der Waals surface area contributed by atoms with Crippen LogP contribution in [0.1, 0.15) is 16.7 Å². The van der Waals surface area contributed by atoms with Gasteiger partial charge in [-0.05, 0) is 109 Å². The second kappa shape index (κ2) is 17.1. The maximum absolute atomic E-state index is 5.39. The Labute approximate surface area is 413 Å². The number of para-hydroxylation sites is 2. The van der Waals surface area contributed by atoms with Gasteiger partial charge in [-0.1, -0.05) is 188 Å². The van der Waals surface area contributed by atoms with Gasteiger partial charge >= 0.3 is 0 Å². The highest BCUT2D eigenvalue weighted by Crippen LogP contribution is 2.46. The molecule has 0 aliphatic carbocycles. The van der Waals surface area contributed by atoms with E-state index < -0.39 is 0 Å². The van der Waals surface area contributed by atoms with Gasteiger partial charge in [-0.15, -0.1) is 0 Å². The summed E-state index contributed by atoms with van der Waals surface area (Å²) in [4.78, 5) is 10.8. The number of aromatic nitrogens is 4. The molecule has 3 heterocycles. The third-order valence-corrected chi connectivity index (χ3v) is 14.2. The van der Waals surface area contributed by atoms with Crippen LogP contribution < -0.4 is 0 Å². The summed E-state index contributed by atoms with van der Waals surface area (Å²) in [5, 5.41) is 4.85. The van der Waals surface area contributed by atoms with E-state index in [9.17, 15) is 0 Å². The van der Waals surface area contributed by atoms with E-state index in [1.807, 2.05) is 12.1 Å². The van der Waals surface area contributed by atoms with Gasteiger partial charge in [0.25, 0.3) is 0 Å². The Kier molecular flexibility index (Phi) is 10.1. The standard InChI is InChI=1S/C67H48N4/c1-43-36-44(2)65(45(3)37-43)50-32-35-63-58(38-50)55-34-33-52(70-61-30-18-16-28-53(61)54-29-17-19-31-62(54)70)41-64(55)71(63)66-56(46-20-8-4-9-21-46)39-51(40-57(66)47-22-10-5-11-23-47)67-68-59(48-24-12-6-13-25-48)42-60(69-67)49-26-14-7-15-27-49/h4-42H,1-3H3. The zero-order chi connectivity index (χ0) is 47.6. The molecule has 0 bridgehead atoms. The topological polar surface area (TPSA) is 35.6 Å². The van der Waals surface area contributed by atoms with Crippen molar-refractivity contribution in [3.63, 3.8) is 0 Å². The summed E-state index contributed by atoms with van der Waals surface area (Å²) in [5.41, 5.74) is 22.2. The monoisotopic (exact) mass is 908 g/mol. The molecule has 0 atom stereocenters. The normalized spacial score (nSPS) is 11.6. The fourth-order valence-electron chi connectivity index (χ4n) is 11.2. The lowest BCUT2D eigenvalue weighted by molar-refractivity contribution is 1.15. The number of nitrogens with zero attached hydrogens (tertiary/aromatic N) is 4. The highest BCUT2D eigenvalue weighted by molar-refractivity contribution is 6.14. The van der Waals surface area contributed by atoms with Crippen molar-refractivity contribution in [3.05, 3.63) is 253 Å². The Hall–Kier alpha value is -9.12. The van der Waals surface area contributed by atoms with Crippen molar-refractivity contribution in [2.45, 2.75) is 20.8 Å². The van der Waals surface area contributed by atoms with E-state index in [-0.39, 0.29) is 0 Å². The molecule has 0 radical (unpaired) electrons. The lowest BCUT2D eigenvalue weighted by Gasteiger charge is -2.21. The van der Waals surface area contributed by atoms with Crippen LogP contribution >= 0.6 is 0 Å². The van der Waals surface area contributed by atoms with Crippen LogP contribution in [0.2, 0.25) is 0 Å². The summed E-state index contributed by atoms with van der Waals surface area (Å²) in [6.45, 7) is 6.66. The maximum atomic E-state index is 5.39. The van der Waals surface area contributed by atoms with Crippen LogP contribution in [0, 0.1) is 20.8 Å². The quantitative estimate of drug-likeness (QED) is 0.152. The fourth-order valence-corrected chi connectivity index (χ4v) is 11.2. The second-order valence-corrected chi connectivity index (χ2v) is 18.8.